The summed E-state index contributed by atoms with van der Waals surface area (Å²) in [5.74, 6) is -2.35. The second-order valence-electron chi connectivity index (χ2n) is 7.97. The van der Waals surface area contributed by atoms with Crippen LogP contribution >= 0.6 is 0 Å². The average molecular weight is 462 g/mol. The van der Waals surface area contributed by atoms with Crippen LogP contribution in [-0.2, 0) is 11.3 Å². The molecule has 3 heterocycles. The number of rotatable bonds is 5. The van der Waals surface area contributed by atoms with E-state index in [4.69, 9.17) is 9.84 Å². The largest absolute Gasteiger partial charge is 0.477 e. The summed E-state index contributed by atoms with van der Waals surface area (Å²) in [4.78, 5) is 26.0. The van der Waals surface area contributed by atoms with E-state index in [0.29, 0.717) is 59.7 Å². The Morgan fingerprint density at radius 3 is 2.44 bits per heavy atom. The van der Waals surface area contributed by atoms with E-state index in [1.165, 1.54) is 24.4 Å². The Hall–Kier alpha value is -3.82. The maximum atomic E-state index is 15.0. The van der Waals surface area contributed by atoms with E-state index in [0.717, 1.165) is 0 Å². The Labute approximate surface area is 193 Å². The van der Waals surface area contributed by atoms with Crippen LogP contribution in [-0.4, -0.2) is 57.2 Å². The molecule has 34 heavy (non-hydrogen) atoms. The van der Waals surface area contributed by atoms with E-state index < -0.39 is 17.6 Å². The van der Waals surface area contributed by atoms with Gasteiger partial charge in [0.1, 0.15) is 17.3 Å². The molecule has 172 valence electrons. The number of para-hydroxylation sites is 1. The standard InChI is InChI=1S/C25H20F2N4O3/c26-19-10-16(11-20(27)18(19)14-31-6-8-34-9-7-31)17-2-1-3-21-24(17)30-23(13-29-21)15-4-5-22(25(32)33)28-12-15/h1-5,10-13H,6-9,14H2,(H,32,33). The fourth-order valence-electron chi connectivity index (χ4n) is 3.97. The molecule has 1 saturated heterocycles. The van der Waals surface area contributed by atoms with Gasteiger partial charge in [0, 0.05) is 42.5 Å². The number of carboxylic acid groups (broad SMARTS) is 1. The summed E-state index contributed by atoms with van der Waals surface area (Å²) in [5.41, 5.74) is 2.93. The van der Waals surface area contributed by atoms with E-state index in [2.05, 4.69) is 15.0 Å². The molecule has 9 heteroatoms. The number of benzene rings is 2. The number of carboxylic acids is 1. The minimum atomic E-state index is -1.13. The van der Waals surface area contributed by atoms with Gasteiger partial charge in [-0.25, -0.2) is 23.5 Å². The van der Waals surface area contributed by atoms with Crippen molar-refractivity contribution < 1.29 is 23.4 Å². The third-order valence-electron chi connectivity index (χ3n) is 5.79. The van der Waals surface area contributed by atoms with E-state index in [1.54, 1.807) is 30.5 Å². The summed E-state index contributed by atoms with van der Waals surface area (Å²) in [7, 11) is 0. The Bertz CT molecular complexity index is 1350. The van der Waals surface area contributed by atoms with Crippen molar-refractivity contribution in [3.63, 3.8) is 0 Å². The molecule has 1 aliphatic rings. The molecule has 1 aliphatic heterocycles. The summed E-state index contributed by atoms with van der Waals surface area (Å²) in [6, 6.07) is 10.9. The molecule has 0 saturated carbocycles. The van der Waals surface area contributed by atoms with E-state index in [9.17, 15) is 4.79 Å². The SMILES string of the molecule is O=C(O)c1ccc(-c2cnc3cccc(-c4cc(F)c(CN5CCOCC5)c(F)c4)c3n2)cn1. The van der Waals surface area contributed by atoms with Gasteiger partial charge in [0.25, 0.3) is 0 Å². The zero-order chi connectivity index (χ0) is 23.7. The minimum absolute atomic E-state index is 0.0299. The normalized spacial score (nSPS) is 14.4. The number of hydrogen-bond donors (Lipinski definition) is 1. The first kappa shape index (κ1) is 22.0. The minimum Gasteiger partial charge on any atom is -0.477 e. The number of pyridine rings is 1. The number of aromatic carboxylic acids is 1. The van der Waals surface area contributed by atoms with Crippen LogP contribution in [0.1, 0.15) is 16.1 Å². The molecule has 0 spiro atoms. The first-order chi connectivity index (χ1) is 16.5. The lowest BCUT2D eigenvalue weighted by molar-refractivity contribution is 0.0332. The van der Waals surface area contributed by atoms with Gasteiger partial charge in [-0.15, -0.1) is 0 Å². The predicted molar refractivity (Wildman–Crippen MR) is 121 cm³/mol. The summed E-state index contributed by atoms with van der Waals surface area (Å²) >= 11 is 0. The van der Waals surface area contributed by atoms with Crippen LogP contribution < -0.4 is 0 Å². The topological polar surface area (TPSA) is 88.4 Å². The van der Waals surface area contributed by atoms with E-state index in [1.807, 2.05) is 4.90 Å². The second kappa shape index (κ2) is 9.20. The smallest absolute Gasteiger partial charge is 0.354 e. The summed E-state index contributed by atoms with van der Waals surface area (Å²) in [6.07, 6.45) is 2.96. The number of halogens is 2. The van der Waals surface area contributed by atoms with Gasteiger partial charge in [-0.1, -0.05) is 12.1 Å². The fourth-order valence-corrected chi connectivity index (χ4v) is 3.97. The molecule has 0 unspecified atom stereocenters. The zero-order valence-electron chi connectivity index (χ0n) is 18.0. The van der Waals surface area contributed by atoms with Crippen LogP contribution in [0.4, 0.5) is 8.78 Å². The van der Waals surface area contributed by atoms with Gasteiger partial charge in [-0.2, -0.15) is 0 Å². The van der Waals surface area contributed by atoms with Gasteiger partial charge in [0.05, 0.1) is 36.1 Å². The number of nitrogens with zero attached hydrogens (tertiary/aromatic N) is 4. The van der Waals surface area contributed by atoms with E-state index >= 15 is 8.78 Å². The summed E-state index contributed by atoms with van der Waals surface area (Å²) in [5, 5.41) is 9.05. The van der Waals surface area contributed by atoms with Crippen LogP contribution in [0, 0.1) is 11.6 Å². The van der Waals surface area contributed by atoms with Crippen LogP contribution in [0.5, 0.6) is 0 Å². The molecule has 1 N–H and O–H groups in total. The number of carbonyl (C=O) groups is 1. The molecule has 1 fully saturated rings. The number of hydrogen-bond acceptors (Lipinski definition) is 6. The van der Waals surface area contributed by atoms with Crippen LogP contribution in [0.3, 0.4) is 0 Å². The highest BCUT2D eigenvalue weighted by atomic mass is 19.1. The highest BCUT2D eigenvalue weighted by Gasteiger charge is 2.19. The average Bonchev–Trinajstić information content (AvgIpc) is 2.86. The summed E-state index contributed by atoms with van der Waals surface area (Å²) < 4.78 is 35.3. The van der Waals surface area contributed by atoms with Crippen molar-refractivity contribution in [3.8, 4) is 22.4 Å². The first-order valence-electron chi connectivity index (χ1n) is 10.7. The monoisotopic (exact) mass is 462 g/mol. The van der Waals surface area contributed by atoms with Gasteiger partial charge in [-0.05, 0) is 35.9 Å². The Morgan fingerprint density at radius 1 is 1.00 bits per heavy atom. The van der Waals surface area contributed by atoms with Gasteiger partial charge < -0.3 is 9.84 Å². The maximum absolute atomic E-state index is 15.0. The van der Waals surface area contributed by atoms with Crippen LogP contribution in [0.25, 0.3) is 33.4 Å². The number of aromatic nitrogens is 3. The third kappa shape index (κ3) is 4.35. The Morgan fingerprint density at radius 2 is 1.76 bits per heavy atom. The molecule has 0 atom stereocenters. The zero-order valence-corrected chi connectivity index (χ0v) is 18.0. The first-order valence-corrected chi connectivity index (χ1v) is 10.7. The Kier molecular flexibility index (Phi) is 5.95. The lowest BCUT2D eigenvalue weighted by atomic mass is 10.0. The molecule has 0 amide bonds. The third-order valence-corrected chi connectivity index (χ3v) is 5.79. The van der Waals surface area contributed by atoms with Crippen molar-refractivity contribution in [2.75, 3.05) is 26.3 Å². The van der Waals surface area contributed by atoms with Crippen molar-refractivity contribution in [2.45, 2.75) is 6.54 Å². The Balaban J connectivity index is 1.53. The number of ether oxygens (including phenoxy) is 1. The quantitative estimate of drug-likeness (QED) is 0.476. The molecule has 5 rings (SSSR count). The van der Waals surface area contributed by atoms with Crippen molar-refractivity contribution in [1.82, 2.24) is 19.9 Å². The number of morpholine rings is 1. The molecule has 0 bridgehead atoms. The number of fused-ring (bicyclic) bond motifs is 1. The summed E-state index contributed by atoms with van der Waals surface area (Å²) in [6.45, 7) is 2.54. The van der Waals surface area contributed by atoms with Crippen molar-refractivity contribution >= 4 is 17.0 Å². The molecule has 2 aromatic carbocycles. The lowest BCUT2D eigenvalue weighted by Crippen LogP contribution is -2.36. The lowest BCUT2D eigenvalue weighted by Gasteiger charge is -2.27. The fraction of sp³-hybridized carbons (Fsp3) is 0.200. The molecule has 7 nitrogen and oxygen atoms in total. The van der Waals surface area contributed by atoms with Crippen molar-refractivity contribution in [2.24, 2.45) is 0 Å². The molecule has 0 aliphatic carbocycles. The highest BCUT2D eigenvalue weighted by molar-refractivity contribution is 5.92. The van der Waals surface area contributed by atoms with Crippen molar-refractivity contribution in [3.05, 3.63) is 77.8 Å². The second-order valence-corrected chi connectivity index (χ2v) is 7.97. The predicted octanol–water partition coefficient (Wildman–Crippen LogP) is 4.17. The van der Waals surface area contributed by atoms with Gasteiger partial charge in [0.15, 0.2) is 0 Å². The van der Waals surface area contributed by atoms with E-state index in [-0.39, 0.29) is 17.8 Å². The molecule has 4 aromatic rings. The molecular weight excluding hydrogens is 442 g/mol. The molecular formula is C25H20F2N4O3. The van der Waals surface area contributed by atoms with Crippen LogP contribution in [0.2, 0.25) is 0 Å². The van der Waals surface area contributed by atoms with Crippen molar-refractivity contribution in [1.29, 1.82) is 0 Å². The van der Waals surface area contributed by atoms with Gasteiger partial charge in [-0.3, -0.25) is 9.88 Å². The van der Waals surface area contributed by atoms with Crippen LogP contribution in [0.15, 0.2) is 54.9 Å². The highest BCUT2D eigenvalue weighted by Crippen LogP contribution is 2.31. The maximum Gasteiger partial charge on any atom is 0.354 e. The van der Waals surface area contributed by atoms with Gasteiger partial charge >= 0.3 is 5.97 Å². The molecule has 2 aromatic heterocycles. The molecule has 0 radical (unpaired) electrons. The van der Waals surface area contributed by atoms with Gasteiger partial charge in [0.2, 0.25) is 0 Å².